The standard InChI is InChI=1S/C35H42O5/c1-22(36)28-16-17-29-27-15-14-25-20-26(39-32(37)23-10-6-4-7-11-23)18-19-34(25,2)31(27)30(21-35(28,29)3)40-33(38)24-12-8-5-9-13-24/h4-13,25-31H,14-21H2,1-3H3/t25-,26?,27?,28?,29?,30-,31?,34+,35-/m1/s1. The van der Waals surface area contributed by atoms with E-state index in [9.17, 15) is 14.4 Å². The molecule has 0 aliphatic heterocycles. The van der Waals surface area contributed by atoms with E-state index in [1.165, 1.54) is 0 Å². The molecular formula is C35H42O5. The van der Waals surface area contributed by atoms with Gasteiger partial charge in [-0.15, -0.1) is 0 Å². The molecule has 5 heteroatoms. The minimum absolute atomic E-state index is 0.00412. The quantitative estimate of drug-likeness (QED) is 0.371. The molecule has 4 aliphatic carbocycles. The van der Waals surface area contributed by atoms with Crippen LogP contribution in [0.2, 0.25) is 0 Å². The summed E-state index contributed by atoms with van der Waals surface area (Å²) in [5, 5.41) is 0. The minimum Gasteiger partial charge on any atom is -0.459 e. The Morgan fingerprint density at radius 1 is 0.750 bits per heavy atom. The molecule has 0 saturated heterocycles. The van der Waals surface area contributed by atoms with Crippen LogP contribution in [0, 0.1) is 40.4 Å². The largest absolute Gasteiger partial charge is 0.459 e. The molecule has 0 bridgehead atoms. The molecule has 9 atom stereocenters. The normalized spacial score (nSPS) is 38.3. The van der Waals surface area contributed by atoms with E-state index in [0.717, 1.165) is 51.4 Å². The van der Waals surface area contributed by atoms with Gasteiger partial charge in [0, 0.05) is 11.8 Å². The molecule has 0 N–H and O–H groups in total. The molecule has 4 fully saturated rings. The van der Waals surface area contributed by atoms with Gasteiger partial charge in [-0.3, -0.25) is 4.79 Å². The van der Waals surface area contributed by atoms with Crippen LogP contribution < -0.4 is 0 Å². The lowest BCUT2D eigenvalue weighted by Crippen LogP contribution is -2.60. The van der Waals surface area contributed by atoms with Gasteiger partial charge in [-0.25, -0.2) is 9.59 Å². The van der Waals surface area contributed by atoms with Crippen molar-refractivity contribution in [2.24, 2.45) is 40.4 Å². The van der Waals surface area contributed by atoms with Crippen molar-refractivity contribution in [1.29, 1.82) is 0 Å². The van der Waals surface area contributed by atoms with Crippen molar-refractivity contribution >= 4 is 17.7 Å². The fourth-order valence-electron chi connectivity index (χ4n) is 9.77. The van der Waals surface area contributed by atoms with Gasteiger partial charge in [-0.1, -0.05) is 50.2 Å². The van der Waals surface area contributed by atoms with Crippen molar-refractivity contribution in [1.82, 2.24) is 0 Å². The van der Waals surface area contributed by atoms with Gasteiger partial charge in [0.05, 0.1) is 11.1 Å². The molecule has 0 aromatic heterocycles. The molecule has 0 amide bonds. The molecule has 40 heavy (non-hydrogen) atoms. The summed E-state index contributed by atoms with van der Waals surface area (Å²) in [6, 6.07) is 18.5. The lowest BCUT2D eigenvalue weighted by molar-refractivity contribution is -0.179. The first-order chi connectivity index (χ1) is 19.2. The molecule has 5 nitrogen and oxygen atoms in total. The smallest absolute Gasteiger partial charge is 0.338 e. The number of carbonyl (C=O) groups is 3. The Hall–Kier alpha value is -2.95. The molecule has 6 rings (SSSR count). The average molecular weight is 543 g/mol. The number of hydrogen-bond acceptors (Lipinski definition) is 5. The van der Waals surface area contributed by atoms with Crippen molar-refractivity contribution < 1.29 is 23.9 Å². The maximum absolute atomic E-state index is 13.4. The molecular weight excluding hydrogens is 500 g/mol. The molecule has 0 heterocycles. The van der Waals surface area contributed by atoms with E-state index < -0.39 is 0 Å². The third-order valence-corrected chi connectivity index (χ3v) is 11.6. The molecule has 0 radical (unpaired) electrons. The predicted molar refractivity (Wildman–Crippen MR) is 153 cm³/mol. The second-order valence-corrected chi connectivity index (χ2v) is 13.5. The number of rotatable bonds is 5. The predicted octanol–water partition coefficient (Wildman–Crippen LogP) is 7.30. The summed E-state index contributed by atoms with van der Waals surface area (Å²) in [6.45, 7) is 6.45. The van der Waals surface area contributed by atoms with Crippen LogP contribution in [0.25, 0.3) is 0 Å². The lowest BCUT2D eigenvalue weighted by Gasteiger charge is -2.62. The van der Waals surface area contributed by atoms with Crippen LogP contribution in [0.5, 0.6) is 0 Å². The third kappa shape index (κ3) is 4.59. The first kappa shape index (κ1) is 27.2. The Labute approximate surface area is 238 Å². The van der Waals surface area contributed by atoms with E-state index >= 15 is 0 Å². The number of esters is 2. The van der Waals surface area contributed by atoms with Crippen LogP contribution in [0.1, 0.15) is 92.9 Å². The fourth-order valence-corrected chi connectivity index (χ4v) is 9.77. The van der Waals surface area contributed by atoms with Crippen LogP contribution in [0.4, 0.5) is 0 Å². The van der Waals surface area contributed by atoms with Crippen LogP contribution >= 0.6 is 0 Å². The van der Waals surface area contributed by atoms with Gasteiger partial charge in [-0.2, -0.15) is 0 Å². The van der Waals surface area contributed by atoms with Crippen molar-refractivity contribution in [2.75, 3.05) is 0 Å². The number of Topliss-reactive ketones (excluding diaryl/α,β-unsaturated/α-hetero) is 1. The Kier molecular flexibility index (Phi) is 7.13. The summed E-state index contributed by atoms with van der Waals surface area (Å²) < 4.78 is 12.5. The first-order valence-corrected chi connectivity index (χ1v) is 15.2. The van der Waals surface area contributed by atoms with Gasteiger partial charge in [-0.05, 0) is 111 Å². The minimum atomic E-state index is -0.264. The molecule has 212 valence electrons. The second-order valence-electron chi connectivity index (χ2n) is 13.5. The van der Waals surface area contributed by atoms with Crippen molar-refractivity contribution in [3.8, 4) is 0 Å². The number of carbonyl (C=O) groups excluding carboxylic acids is 3. The number of fused-ring (bicyclic) bond motifs is 5. The summed E-state index contributed by atoms with van der Waals surface area (Å²) in [4.78, 5) is 39.0. The maximum Gasteiger partial charge on any atom is 0.338 e. The zero-order chi connectivity index (χ0) is 28.1. The van der Waals surface area contributed by atoms with E-state index in [0.29, 0.717) is 28.9 Å². The fraction of sp³-hybridized carbons (Fsp3) is 0.571. The summed E-state index contributed by atoms with van der Waals surface area (Å²) in [5.74, 6) is 1.36. The highest BCUT2D eigenvalue weighted by Gasteiger charge is 2.64. The van der Waals surface area contributed by atoms with Crippen LogP contribution in [-0.4, -0.2) is 29.9 Å². The molecule has 2 aromatic rings. The SMILES string of the molecule is CC(=O)C1CCC2C3CC[C@@H]4CC(OC(=O)c5ccccc5)CC[C@]4(C)C3[C@H](OC(=O)c3ccccc3)C[C@]12C. The summed E-state index contributed by atoms with van der Waals surface area (Å²) in [5.41, 5.74) is 1.03. The summed E-state index contributed by atoms with van der Waals surface area (Å²) >= 11 is 0. The molecule has 2 aromatic carbocycles. The first-order valence-electron chi connectivity index (χ1n) is 15.2. The van der Waals surface area contributed by atoms with E-state index in [1.54, 1.807) is 19.1 Å². The number of hydrogen-bond donors (Lipinski definition) is 0. The number of ether oxygens (including phenoxy) is 2. The van der Waals surface area contributed by atoms with Gasteiger partial charge in [0.2, 0.25) is 0 Å². The Balaban J connectivity index is 1.27. The monoisotopic (exact) mass is 542 g/mol. The molecule has 4 saturated carbocycles. The molecule has 0 spiro atoms. The summed E-state index contributed by atoms with van der Waals surface area (Å²) in [7, 11) is 0. The molecule has 5 unspecified atom stereocenters. The van der Waals surface area contributed by atoms with Crippen molar-refractivity contribution in [3.05, 3.63) is 71.8 Å². The van der Waals surface area contributed by atoms with Crippen LogP contribution in [-0.2, 0) is 14.3 Å². The van der Waals surface area contributed by atoms with Gasteiger partial charge in [0.15, 0.2) is 0 Å². The Bertz CT molecular complexity index is 1260. The Morgan fingerprint density at radius 2 is 1.38 bits per heavy atom. The van der Waals surface area contributed by atoms with Crippen LogP contribution in [0.15, 0.2) is 60.7 Å². The van der Waals surface area contributed by atoms with Gasteiger partial charge >= 0.3 is 11.9 Å². The van der Waals surface area contributed by atoms with E-state index in [-0.39, 0.29) is 52.6 Å². The second kappa shape index (κ2) is 10.5. The highest BCUT2D eigenvalue weighted by atomic mass is 16.5. The highest BCUT2D eigenvalue weighted by molar-refractivity contribution is 5.90. The topological polar surface area (TPSA) is 69.7 Å². The van der Waals surface area contributed by atoms with E-state index in [1.807, 2.05) is 48.5 Å². The van der Waals surface area contributed by atoms with Crippen molar-refractivity contribution in [3.63, 3.8) is 0 Å². The average Bonchev–Trinajstić information content (AvgIpc) is 3.31. The van der Waals surface area contributed by atoms with Crippen LogP contribution in [0.3, 0.4) is 0 Å². The maximum atomic E-state index is 13.4. The highest BCUT2D eigenvalue weighted by Crippen LogP contribution is 2.68. The van der Waals surface area contributed by atoms with Gasteiger partial charge in [0.1, 0.15) is 18.0 Å². The third-order valence-electron chi connectivity index (χ3n) is 11.6. The van der Waals surface area contributed by atoms with Gasteiger partial charge in [0.25, 0.3) is 0 Å². The lowest BCUT2D eigenvalue weighted by atomic mass is 9.43. The summed E-state index contributed by atoms with van der Waals surface area (Å²) in [6.07, 6.45) is 7.26. The zero-order valence-corrected chi connectivity index (χ0v) is 24.0. The number of benzene rings is 2. The number of ketones is 1. The van der Waals surface area contributed by atoms with E-state index in [4.69, 9.17) is 9.47 Å². The van der Waals surface area contributed by atoms with Crippen molar-refractivity contribution in [2.45, 2.75) is 84.3 Å². The zero-order valence-electron chi connectivity index (χ0n) is 24.0. The molecule has 4 aliphatic rings. The van der Waals surface area contributed by atoms with E-state index in [2.05, 4.69) is 13.8 Å². The Morgan fingerprint density at radius 3 is 2.00 bits per heavy atom. The van der Waals surface area contributed by atoms with Gasteiger partial charge < -0.3 is 9.47 Å².